The van der Waals surface area contributed by atoms with Crippen LogP contribution in [-0.2, 0) is 9.53 Å². The normalized spacial score (nSPS) is 32.7. The monoisotopic (exact) mass is 382 g/mol. The molecule has 5 heteroatoms. The summed E-state index contributed by atoms with van der Waals surface area (Å²) < 4.78 is 5.17. The first kappa shape index (κ1) is 22.4. The van der Waals surface area contributed by atoms with Crippen molar-refractivity contribution in [2.24, 2.45) is 29.6 Å². The van der Waals surface area contributed by atoms with Gasteiger partial charge in [-0.2, -0.15) is 0 Å². The Kier molecular flexibility index (Phi) is 9.27. The van der Waals surface area contributed by atoms with E-state index in [2.05, 4.69) is 19.9 Å². The van der Waals surface area contributed by atoms with Gasteiger partial charge in [-0.3, -0.25) is 0 Å². The van der Waals surface area contributed by atoms with Crippen molar-refractivity contribution in [1.29, 1.82) is 0 Å². The van der Waals surface area contributed by atoms with Gasteiger partial charge < -0.3 is 20.1 Å². The molecule has 0 aliphatic heterocycles. The zero-order valence-corrected chi connectivity index (χ0v) is 16.9. The predicted octanol–water partition coefficient (Wildman–Crippen LogP) is 3.63. The number of aliphatic hydroxyl groups excluding tert-OH is 2. The zero-order chi connectivity index (χ0) is 19.8. The molecule has 2 fully saturated rings. The molecule has 0 bridgehead atoms. The molecular formula is C22H38O5. The number of rotatable bonds is 12. The van der Waals surface area contributed by atoms with Crippen molar-refractivity contribution < 1.29 is 24.9 Å². The van der Waals surface area contributed by atoms with E-state index in [0.29, 0.717) is 30.3 Å². The molecule has 2 rings (SSSR count). The number of carboxylic acid groups (broad SMARTS) is 1. The maximum absolute atomic E-state index is 10.5. The second-order valence-corrected chi connectivity index (χ2v) is 8.81. The number of hydrogen-bond donors (Lipinski definition) is 3. The Bertz CT molecular complexity index is 477. The number of ether oxygens (including phenoxy) is 1. The molecule has 2 aliphatic rings. The lowest BCUT2D eigenvalue weighted by atomic mass is 9.89. The molecule has 5 nitrogen and oxygen atoms in total. The van der Waals surface area contributed by atoms with Gasteiger partial charge in [0.05, 0.1) is 12.2 Å². The average molecular weight is 383 g/mol. The summed E-state index contributed by atoms with van der Waals surface area (Å²) in [4.78, 5) is 10.5. The molecule has 0 aromatic heterocycles. The van der Waals surface area contributed by atoms with Crippen molar-refractivity contribution >= 4 is 5.97 Å². The molecule has 3 N–H and O–H groups in total. The van der Waals surface area contributed by atoms with Gasteiger partial charge in [-0.1, -0.05) is 45.3 Å². The molecule has 0 radical (unpaired) electrons. The first-order valence-corrected chi connectivity index (χ1v) is 10.7. The fraction of sp³-hybridized carbons (Fsp3) is 0.864. The number of aliphatic carboxylic acids is 1. The summed E-state index contributed by atoms with van der Waals surface area (Å²) in [7, 11) is 0. The summed E-state index contributed by atoms with van der Waals surface area (Å²) in [6, 6.07) is 0. The molecule has 0 amide bonds. The average Bonchev–Trinajstić information content (AvgIpc) is 3.11. The van der Waals surface area contributed by atoms with Crippen LogP contribution in [-0.4, -0.2) is 46.7 Å². The van der Waals surface area contributed by atoms with Crippen LogP contribution in [0.4, 0.5) is 0 Å². The van der Waals surface area contributed by atoms with E-state index in [9.17, 15) is 15.0 Å². The molecule has 0 aromatic rings. The minimum atomic E-state index is -0.922. The lowest BCUT2D eigenvalue weighted by Crippen LogP contribution is -2.19. The number of fused-ring (bicyclic) bond motifs is 1. The minimum Gasteiger partial charge on any atom is -0.480 e. The van der Waals surface area contributed by atoms with Crippen molar-refractivity contribution in [1.82, 2.24) is 0 Å². The molecule has 0 unspecified atom stereocenters. The van der Waals surface area contributed by atoms with Crippen molar-refractivity contribution in [3.8, 4) is 0 Å². The van der Waals surface area contributed by atoms with Gasteiger partial charge >= 0.3 is 5.97 Å². The maximum atomic E-state index is 10.5. The van der Waals surface area contributed by atoms with E-state index in [4.69, 9.17) is 9.84 Å². The smallest absolute Gasteiger partial charge is 0.329 e. The van der Waals surface area contributed by atoms with Gasteiger partial charge in [-0.05, 0) is 55.8 Å². The molecule has 156 valence electrons. The van der Waals surface area contributed by atoms with Crippen LogP contribution in [0.25, 0.3) is 0 Å². The molecule has 0 saturated heterocycles. The highest BCUT2D eigenvalue weighted by atomic mass is 16.5. The van der Waals surface area contributed by atoms with Crippen LogP contribution in [0.3, 0.4) is 0 Å². The third-order valence-electron chi connectivity index (χ3n) is 6.48. The first-order chi connectivity index (χ1) is 12.9. The SMILES string of the molecule is CCCC[C@H](C)C[C@H](O)/C=C/[C@@H]1[C@H]2C[C@H](CCOCC(=O)O)C[C@H]2C[C@H]1O. The number of aliphatic hydroxyl groups is 2. The summed E-state index contributed by atoms with van der Waals surface area (Å²) in [6.07, 6.45) is 11.5. The van der Waals surface area contributed by atoms with E-state index in [0.717, 1.165) is 38.5 Å². The number of carboxylic acids is 1. The second kappa shape index (κ2) is 11.2. The van der Waals surface area contributed by atoms with Gasteiger partial charge in [0.15, 0.2) is 0 Å². The number of unbranched alkanes of at least 4 members (excludes halogenated alkanes) is 1. The Balaban J connectivity index is 1.77. The summed E-state index contributed by atoms with van der Waals surface area (Å²) in [5.74, 6) is 1.31. The summed E-state index contributed by atoms with van der Waals surface area (Å²) in [6.45, 7) is 4.65. The highest BCUT2D eigenvalue weighted by Crippen LogP contribution is 2.51. The van der Waals surface area contributed by atoms with E-state index < -0.39 is 12.1 Å². The van der Waals surface area contributed by atoms with Crippen molar-refractivity contribution in [2.75, 3.05) is 13.2 Å². The van der Waals surface area contributed by atoms with Gasteiger partial charge in [-0.15, -0.1) is 0 Å². The lowest BCUT2D eigenvalue weighted by Gasteiger charge is -2.20. The van der Waals surface area contributed by atoms with E-state index in [1.807, 2.05) is 6.08 Å². The van der Waals surface area contributed by atoms with Crippen LogP contribution < -0.4 is 0 Å². The van der Waals surface area contributed by atoms with Gasteiger partial charge in [0.2, 0.25) is 0 Å². The van der Waals surface area contributed by atoms with Gasteiger partial charge in [0.1, 0.15) is 6.61 Å². The Morgan fingerprint density at radius 1 is 1.30 bits per heavy atom. The van der Waals surface area contributed by atoms with Crippen molar-refractivity contribution in [3.63, 3.8) is 0 Å². The standard InChI is InChI=1S/C22H38O5/c1-3-4-5-15(2)10-18(23)6-7-19-20-12-16(8-9-27-14-22(25)26)11-17(20)13-21(19)24/h6-7,15-21,23-24H,3-5,8-14H2,1-2H3,(H,25,26)/b7-6+/t15-,16+,17-,18+,19+,20-,21+/m0/s1. The summed E-state index contributed by atoms with van der Waals surface area (Å²) in [5.41, 5.74) is 0. The third kappa shape index (κ3) is 7.20. The highest BCUT2D eigenvalue weighted by Gasteiger charge is 2.46. The van der Waals surface area contributed by atoms with E-state index in [1.54, 1.807) is 0 Å². The lowest BCUT2D eigenvalue weighted by molar-refractivity contribution is -0.142. The van der Waals surface area contributed by atoms with Crippen LogP contribution in [0.5, 0.6) is 0 Å². The summed E-state index contributed by atoms with van der Waals surface area (Å²) in [5, 5.41) is 29.4. The second-order valence-electron chi connectivity index (χ2n) is 8.81. The van der Waals surface area contributed by atoms with Gasteiger partial charge in [0, 0.05) is 12.5 Å². The van der Waals surface area contributed by atoms with Crippen LogP contribution in [0.1, 0.15) is 65.2 Å². The van der Waals surface area contributed by atoms with Gasteiger partial charge in [0.25, 0.3) is 0 Å². The molecule has 0 spiro atoms. The van der Waals surface area contributed by atoms with E-state index in [1.165, 1.54) is 12.8 Å². The van der Waals surface area contributed by atoms with Crippen LogP contribution in [0, 0.1) is 29.6 Å². The fourth-order valence-electron chi connectivity index (χ4n) is 5.11. The zero-order valence-electron chi connectivity index (χ0n) is 16.9. The minimum absolute atomic E-state index is 0.139. The highest BCUT2D eigenvalue weighted by molar-refractivity contribution is 5.67. The van der Waals surface area contributed by atoms with E-state index >= 15 is 0 Å². The third-order valence-corrected chi connectivity index (χ3v) is 6.48. The Labute approximate surface area is 163 Å². The molecular weight excluding hydrogens is 344 g/mol. The Morgan fingerprint density at radius 2 is 2.07 bits per heavy atom. The molecule has 7 atom stereocenters. The first-order valence-electron chi connectivity index (χ1n) is 10.7. The number of carbonyl (C=O) groups is 1. The van der Waals surface area contributed by atoms with Crippen LogP contribution >= 0.6 is 0 Å². The van der Waals surface area contributed by atoms with Crippen molar-refractivity contribution in [2.45, 2.75) is 77.4 Å². The fourth-order valence-corrected chi connectivity index (χ4v) is 5.11. The molecule has 2 aliphatic carbocycles. The van der Waals surface area contributed by atoms with Crippen LogP contribution in [0.15, 0.2) is 12.2 Å². The van der Waals surface area contributed by atoms with Crippen molar-refractivity contribution in [3.05, 3.63) is 12.2 Å². The maximum Gasteiger partial charge on any atom is 0.329 e. The Morgan fingerprint density at radius 3 is 2.78 bits per heavy atom. The van der Waals surface area contributed by atoms with E-state index in [-0.39, 0.29) is 18.6 Å². The molecule has 0 aromatic carbocycles. The molecule has 27 heavy (non-hydrogen) atoms. The molecule has 2 saturated carbocycles. The quantitative estimate of drug-likeness (QED) is 0.354. The van der Waals surface area contributed by atoms with Crippen LogP contribution in [0.2, 0.25) is 0 Å². The Hall–Kier alpha value is -0.910. The topological polar surface area (TPSA) is 87.0 Å². The van der Waals surface area contributed by atoms with Gasteiger partial charge in [-0.25, -0.2) is 4.79 Å². The summed E-state index contributed by atoms with van der Waals surface area (Å²) >= 11 is 0. The largest absolute Gasteiger partial charge is 0.480 e. The predicted molar refractivity (Wildman–Crippen MR) is 105 cm³/mol. The molecule has 0 heterocycles. The number of hydrogen-bond acceptors (Lipinski definition) is 4.